The van der Waals surface area contributed by atoms with Gasteiger partial charge < -0.3 is 14.8 Å². The summed E-state index contributed by atoms with van der Waals surface area (Å²) in [5.74, 6) is -0.325. The topological polar surface area (TPSA) is 99.0 Å². The number of thiazole rings is 1. The molecule has 0 spiro atoms. The van der Waals surface area contributed by atoms with Gasteiger partial charge in [-0.2, -0.15) is 0 Å². The molecule has 0 radical (unpaired) electrons. The molecule has 0 aliphatic carbocycles. The van der Waals surface area contributed by atoms with Crippen LogP contribution in [0, 0.1) is 0 Å². The van der Waals surface area contributed by atoms with Crippen LogP contribution in [0.5, 0.6) is 5.75 Å². The van der Waals surface area contributed by atoms with E-state index in [2.05, 4.69) is 26.2 Å². The fraction of sp³-hybridized carbons (Fsp3) is 0.200. The third-order valence-electron chi connectivity index (χ3n) is 5.86. The second-order valence-electron chi connectivity index (χ2n) is 7.92. The van der Waals surface area contributed by atoms with E-state index < -0.39 is 17.6 Å². The predicted octanol–water partition coefficient (Wildman–Crippen LogP) is 2.89. The summed E-state index contributed by atoms with van der Waals surface area (Å²) in [6.45, 7) is 3.62. The number of hydrogen-bond acceptors (Lipinski definition) is 7. The van der Waals surface area contributed by atoms with Gasteiger partial charge in [0.2, 0.25) is 0 Å². The summed E-state index contributed by atoms with van der Waals surface area (Å²) in [6.07, 6.45) is 0. The van der Waals surface area contributed by atoms with Crippen LogP contribution in [0.15, 0.2) is 68.0 Å². The largest absolute Gasteiger partial charge is 0.497 e. The Morgan fingerprint density at radius 2 is 2.03 bits per heavy atom. The number of nitrogens with one attached hydrogen (secondary N) is 1. The number of allylic oxidation sites excluding steroid dienone is 1. The Bertz CT molecular complexity index is 1620. The summed E-state index contributed by atoms with van der Waals surface area (Å²) in [6, 6.07) is 11.8. The predicted molar refractivity (Wildman–Crippen MR) is 135 cm³/mol. The zero-order valence-electron chi connectivity index (χ0n) is 19.0. The lowest BCUT2D eigenvalue weighted by molar-refractivity contribution is -0.139. The van der Waals surface area contributed by atoms with E-state index in [9.17, 15) is 14.4 Å². The standard InChI is InChI=1S/C25H20BrN3O5S/c1-4-34-24(32)18-12(2)27-25-29(20(18)13-6-5-7-15(10-13)33-3)23(31)21(35-25)19-16-11-14(26)8-9-17(16)28-22(19)30/h5-11,20H,4H2,1-3H3,(H,28,30)/b21-19-/t20-/m1/s1. The van der Waals surface area contributed by atoms with Crippen LogP contribution in [0.3, 0.4) is 0 Å². The Hall–Kier alpha value is -3.50. The minimum absolute atomic E-state index is 0.181. The molecule has 1 aromatic heterocycles. The van der Waals surface area contributed by atoms with E-state index in [1.807, 2.05) is 12.1 Å². The summed E-state index contributed by atoms with van der Waals surface area (Å²) in [7, 11) is 1.55. The molecule has 178 valence electrons. The van der Waals surface area contributed by atoms with E-state index in [0.717, 1.165) is 15.8 Å². The van der Waals surface area contributed by atoms with Crippen molar-refractivity contribution in [2.45, 2.75) is 19.9 Å². The van der Waals surface area contributed by atoms with Crippen LogP contribution in [0.2, 0.25) is 0 Å². The van der Waals surface area contributed by atoms with Crippen LogP contribution < -0.4 is 24.9 Å². The number of ether oxygens (including phenoxy) is 2. The molecule has 0 unspecified atom stereocenters. The Morgan fingerprint density at radius 1 is 1.23 bits per heavy atom. The molecule has 5 rings (SSSR count). The number of hydrogen-bond donors (Lipinski definition) is 1. The number of esters is 1. The van der Waals surface area contributed by atoms with Crippen molar-refractivity contribution >= 4 is 50.4 Å². The average Bonchev–Trinajstić information content (AvgIpc) is 3.32. The first-order valence-electron chi connectivity index (χ1n) is 10.8. The Kier molecular flexibility index (Phi) is 5.94. The summed E-state index contributed by atoms with van der Waals surface area (Å²) in [4.78, 5) is 44.8. The number of rotatable bonds is 4. The number of carbonyl (C=O) groups excluding carboxylic acids is 2. The first-order valence-corrected chi connectivity index (χ1v) is 12.4. The van der Waals surface area contributed by atoms with E-state index in [0.29, 0.717) is 33.1 Å². The summed E-state index contributed by atoms with van der Waals surface area (Å²) in [5.41, 5.74) is 2.53. The highest BCUT2D eigenvalue weighted by atomic mass is 79.9. The van der Waals surface area contributed by atoms with E-state index in [1.54, 1.807) is 51.3 Å². The number of benzene rings is 2. The molecule has 10 heteroatoms. The van der Waals surface area contributed by atoms with Gasteiger partial charge in [0, 0.05) is 15.7 Å². The van der Waals surface area contributed by atoms with Gasteiger partial charge in [0.1, 0.15) is 10.3 Å². The van der Waals surface area contributed by atoms with Gasteiger partial charge in [-0.1, -0.05) is 39.4 Å². The monoisotopic (exact) mass is 553 g/mol. The molecule has 3 aromatic rings. The molecule has 1 atom stereocenters. The third kappa shape index (κ3) is 3.82. The first-order chi connectivity index (χ1) is 16.8. The van der Waals surface area contributed by atoms with Gasteiger partial charge >= 0.3 is 5.97 Å². The van der Waals surface area contributed by atoms with Crippen molar-refractivity contribution in [1.82, 2.24) is 4.57 Å². The van der Waals surface area contributed by atoms with Crippen molar-refractivity contribution in [3.8, 4) is 5.75 Å². The minimum atomic E-state index is -0.791. The van der Waals surface area contributed by atoms with Gasteiger partial charge in [-0.3, -0.25) is 14.2 Å². The minimum Gasteiger partial charge on any atom is -0.497 e. The average molecular weight is 554 g/mol. The molecule has 0 fully saturated rings. The zero-order chi connectivity index (χ0) is 24.9. The number of aromatic nitrogens is 1. The van der Waals surface area contributed by atoms with Gasteiger partial charge in [-0.15, -0.1) is 0 Å². The molecule has 2 aromatic carbocycles. The maximum atomic E-state index is 13.9. The SMILES string of the molecule is CCOC(=O)C1=C(C)N=c2s/c(=C3\C(=O)Nc4ccc(Br)cc43)c(=O)n2[C@@H]1c1cccc(OC)c1. The van der Waals surface area contributed by atoms with E-state index in [4.69, 9.17) is 9.47 Å². The number of methoxy groups -OCH3 is 1. The zero-order valence-corrected chi connectivity index (χ0v) is 21.5. The molecule has 8 nitrogen and oxygen atoms in total. The number of fused-ring (bicyclic) bond motifs is 2. The van der Waals surface area contributed by atoms with Crippen molar-refractivity contribution in [3.05, 3.63) is 89.0 Å². The van der Waals surface area contributed by atoms with E-state index in [1.165, 1.54) is 4.57 Å². The molecule has 0 saturated heterocycles. The molecule has 3 heterocycles. The van der Waals surface area contributed by atoms with Crippen LogP contribution in [0.4, 0.5) is 5.69 Å². The molecule has 1 amide bonds. The maximum Gasteiger partial charge on any atom is 0.338 e. The van der Waals surface area contributed by atoms with Gasteiger partial charge in [0.15, 0.2) is 4.80 Å². The highest BCUT2D eigenvalue weighted by Crippen LogP contribution is 2.34. The number of halogens is 1. The van der Waals surface area contributed by atoms with Crippen LogP contribution >= 0.6 is 27.3 Å². The fourth-order valence-corrected chi connectivity index (χ4v) is 5.84. The fourth-order valence-electron chi connectivity index (χ4n) is 4.33. The molecule has 0 saturated carbocycles. The number of anilines is 1. The summed E-state index contributed by atoms with van der Waals surface area (Å²) in [5, 5.41) is 2.82. The molecular formula is C25H20BrN3O5S. The van der Waals surface area contributed by atoms with Crippen LogP contribution in [0.25, 0.3) is 5.57 Å². The highest BCUT2D eigenvalue weighted by molar-refractivity contribution is 9.10. The maximum absolute atomic E-state index is 13.9. The normalized spacial score (nSPS) is 17.9. The summed E-state index contributed by atoms with van der Waals surface area (Å²) >= 11 is 4.56. The van der Waals surface area contributed by atoms with Crippen LogP contribution in [0.1, 0.15) is 31.0 Å². The Labute approximate surface area is 212 Å². The lowest BCUT2D eigenvalue weighted by atomic mass is 9.95. The number of amides is 1. The quantitative estimate of drug-likeness (QED) is 0.501. The van der Waals surface area contributed by atoms with Gasteiger partial charge in [-0.05, 0) is 49.7 Å². The van der Waals surface area contributed by atoms with Crippen LogP contribution in [-0.2, 0) is 14.3 Å². The highest BCUT2D eigenvalue weighted by Gasteiger charge is 2.35. The summed E-state index contributed by atoms with van der Waals surface area (Å²) < 4.78 is 13.2. The molecule has 0 bridgehead atoms. The van der Waals surface area contributed by atoms with E-state index in [-0.39, 0.29) is 28.2 Å². The molecule has 1 N–H and O–H groups in total. The van der Waals surface area contributed by atoms with Crippen molar-refractivity contribution in [1.29, 1.82) is 0 Å². The lowest BCUT2D eigenvalue weighted by Gasteiger charge is -2.25. The number of nitrogens with zero attached hydrogens (tertiary/aromatic N) is 2. The van der Waals surface area contributed by atoms with Crippen molar-refractivity contribution < 1.29 is 19.1 Å². The smallest absolute Gasteiger partial charge is 0.338 e. The first kappa shape index (κ1) is 23.3. The molecule has 35 heavy (non-hydrogen) atoms. The van der Waals surface area contributed by atoms with Gasteiger partial charge in [-0.25, -0.2) is 9.79 Å². The van der Waals surface area contributed by atoms with Gasteiger partial charge in [0.25, 0.3) is 11.5 Å². The Morgan fingerprint density at radius 3 is 2.77 bits per heavy atom. The van der Waals surface area contributed by atoms with Crippen molar-refractivity contribution in [2.24, 2.45) is 4.99 Å². The van der Waals surface area contributed by atoms with Crippen molar-refractivity contribution in [2.75, 3.05) is 19.0 Å². The number of carbonyl (C=O) groups is 2. The second-order valence-corrected chi connectivity index (χ2v) is 9.81. The van der Waals surface area contributed by atoms with Crippen LogP contribution in [-0.4, -0.2) is 30.2 Å². The third-order valence-corrected chi connectivity index (χ3v) is 7.40. The molecular weight excluding hydrogens is 534 g/mol. The Balaban J connectivity index is 1.83. The second kappa shape index (κ2) is 8.94. The molecule has 2 aliphatic heterocycles. The van der Waals surface area contributed by atoms with E-state index >= 15 is 0 Å². The van der Waals surface area contributed by atoms with Crippen molar-refractivity contribution in [3.63, 3.8) is 0 Å². The molecule has 2 aliphatic rings. The van der Waals surface area contributed by atoms with Gasteiger partial charge in [0.05, 0.1) is 36.6 Å². The lowest BCUT2D eigenvalue weighted by Crippen LogP contribution is -2.40.